The number of pyridine rings is 1. The Labute approximate surface area is 137 Å². The van der Waals surface area contributed by atoms with Gasteiger partial charge in [-0.3, -0.25) is 9.78 Å². The Bertz CT molecular complexity index is 1030. The molecular weight excluding hydrogens is 302 g/mol. The Hall–Kier alpha value is -3.47. The average Bonchev–Trinajstić information content (AvgIpc) is 3.03. The fraction of sp³-hybridized carbons (Fsp3) is 0. The van der Waals surface area contributed by atoms with Crippen LogP contribution in [0.3, 0.4) is 0 Å². The SMILES string of the molecule is O=C(C=Cc1nc2ccccc2o1)Nc1cccc2ncccc12. The first-order valence-corrected chi connectivity index (χ1v) is 7.48. The molecule has 0 saturated carbocycles. The molecule has 0 spiro atoms. The number of carbonyl (C=O) groups excluding carboxylic acids is 1. The summed E-state index contributed by atoms with van der Waals surface area (Å²) in [6, 6.07) is 16.8. The fourth-order valence-corrected chi connectivity index (χ4v) is 2.50. The number of hydrogen-bond acceptors (Lipinski definition) is 4. The summed E-state index contributed by atoms with van der Waals surface area (Å²) in [5.74, 6) is 0.138. The van der Waals surface area contributed by atoms with Crippen LogP contribution in [0.15, 0.2) is 71.3 Å². The van der Waals surface area contributed by atoms with Crippen LogP contribution in [0.4, 0.5) is 5.69 Å². The van der Waals surface area contributed by atoms with E-state index in [0.29, 0.717) is 17.2 Å². The van der Waals surface area contributed by atoms with Gasteiger partial charge in [0.1, 0.15) is 5.52 Å². The van der Waals surface area contributed by atoms with E-state index in [2.05, 4.69) is 15.3 Å². The Balaban J connectivity index is 1.55. The first-order chi connectivity index (χ1) is 11.8. The summed E-state index contributed by atoms with van der Waals surface area (Å²) in [5, 5.41) is 3.75. The maximum absolute atomic E-state index is 12.2. The highest BCUT2D eigenvalue weighted by atomic mass is 16.3. The molecule has 0 bridgehead atoms. The third-order valence-corrected chi connectivity index (χ3v) is 3.59. The van der Waals surface area contributed by atoms with E-state index in [4.69, 9.17) is 4.42 Å². The monoisotopic (exact) mass is 315 g/mol. The molecule has 116 valence electrons. The van der Waals surface area contributed by atoms with Crippen LogP contribution in [0.5, 0.6) is 0 Å². The normalized spacial score (nSPS) is 11.3. The van der Waals surface area contributed by atoms with Gasteiger partial charge in [0.15, 0.2) is 5.58 Å². The number of carbonyl (C=O) groups is 1. The van der Waals surface area contributed by atoms with E-state index >= 15 is 0 Å². The molecule has 0 aliphatic carbocycles. The number of rotatable bonds is 3. The van der Waals surface area contributed by atoms with Crippen molar-refractivity contribution in [2.75, 3.05) is 5.32 Å². The van der Waals surface area contributed by atoms with Crippen molar-refractivity contribution < 1.29 is 9.21 Å². The summed E-state index contributed by atoms with van der Waals surface area (Å²) in [4.78, 5) is 20.7. The van der Waals surface area contributed by atoms with Crippen molar-refractivity contribution in [3.8, 4) is 0 Å². The van der Waals surface area contributed by atoms with Crippen LogP contribution in [0.25, 0.3) is 28.1 Å². The van der Waals surface area contributed by atoms with E-state index in [1.165, 1.54) is 6.08 Å². The molecule has 4 rings (SSSR count). The van der Waals surface area contributed by atoms with Crippen LogP contribution in [-0.4, -0.2) is 15.9 Å². The van der Waals surface area contributed by atoms with Gasteiger partial charge in [0.2, 0.25) is 11.8 Å². The average molecular weight is 315 g/mol. The molecule has 0 aliphatic heterocycles. The Morgan fingerprint density at radius 2 is 1.88 bits per heavy atom. The van der Waals surface area contributed by atoms with Crippen LogP contribution in [0.1, 0.15) is 5.89 Å². The van der Waals surface area contributed by atoms with Crippen LogP contribution in [0.2, 0.25) is 0 Å². The first-order valence-electron chi connectivity index (χ1n) is 7.48. The molecule has 2 heterocycles. The molecule has 1 N–H and O–H groups in total. The third-order valence-electron chi connectivity index (χ3n) is 3.59. The van der Waals surface area contributed by atoms with Crippen molar-refractivity contribution in [2.45, 2.75) is 0 Å². The van der Waals surface area contributed by atoms with Crippen LogP contribution < -0.4 is 5.32 Å². The number of nitrogens with one attached hydrogen (secondary N) is 1. The second-order valence-corrected chi connectivity index (χ2v) is 5.22. The maximum atomic E-state index is 12.2. The molecule has 4 aromatic rings. The number of anilines is 1. The predicted octanol–water partition coefficient (Wildman–Crippen LogP) is 4.03. The highest BCUT2D eigenvalue weighted by molar-refractivity contribution is 6.06. The van der Waals surface area contributed by atoms with Crippen molar-refractivity contribution >= 4 is 39.7 Å². The largest absolute Gasteiger partial charge is 0.437 e. The van der Waals surface area contributed by atoms with Gasteiger partial charge in [-0.05, 0) is 36.4 Å². The van der Waals surface area contributed by atoms with Crippen molar-refractivity contribution in [3.05, 3.63) is 72.8 Å². The number of oxazole rings is 1. The number of fused-ring (bicyclic) bond motifs is 2. The summed E-state index contributed by atoms with van der Waals surface area (Å²) < 4.78 is 5.55. The summed E-state index contributed by atoms with van der Waals surface area (Å²) in [6.07, 6.45) is 4.68. The van der Waals surface area contributed by atoms with E-state index in [0.717, 1.165) is 16.4 Å². The Morgan fingerprint density at radius 1 is 1.00 bits per heavy atom. The second kappa shape index (κ2) is 5.96. The van der Waals surface area contributed by atoms with Crippen LogP contribution in [-0.2, 0) is 4.79 Å². The molecule has 0 saturated heterocycles. The van der Waals surface area contributed by atoms with Gasteiger partial charge in [0.25, 0.3) is 0 Å². The molecule has 5 heteroatoms. The zero-order chi connectivity index (χ0) is 16.4. The lowest BCUT2D eigenvalue weighted by Gasteiger charge is -2.05. The summed E-state index contributed by atoms with van der Waals surface area (Å²) in [6.45, 7) is 0. The predicted molar refractivity (Wildman–Crippen MR) is 93.4 cm³/mol. The number of hydrogen-bond donors (Lipinski definition) is 1. The molecule has 2 aromatic heterocycles. The van der Waals surface area contributed by atoms with Gasteiger partial charge in [0.05, 0.1) is 11.2 Å². The number of benzene rings is 2. The number of aromatic nitrogens is 2. The van der Waals surface area contributed by atoms with E-state index < -0.39 is 0 Å². The molecule has 0 radical (unpaired) electrons. The van der Waals surface area contributed by atoms with Gasteiger partial charge in [-0.2, -0.15) is 0 Å². The first kappa shape index (κ1) is 14.1. The van der Waals surface area contributed by atoms with Crippen LogP contribution >= 0.6 is 0 Å². The molecule has 24 heavy (non-hydrogen) atoms. The highest BCUT2D eigenvalue weighted by Gasteiger charge is 2.05. The summed E-state index contributed by atoms with van der Waals surface area (Å²) in [7, 11) is 0. The fourth-order valence-electron chi connectivity index (χ4n) is 2.50. The Morgan fingerprint density at radius 3 is 2.79 bits per heavy atom. The van der Waals surface area contributed by atoms with Crippen molar-refractivity contribution in [1.82, 2.24) is 9.97 Å². The van der Waals surface area contributed by atoms with Crippen molar-refractivity contribution in [2.24, 2.45) is 0 Å². The van der Waals surface area contributed by atoms with E-state index in [1.54, 1.807) is 12.3 Å². The summed E-state index contributed by atoms with van der Waals surface area (Å²) >= 11 is 0. The smallest absolute Gasteiger partial charge is 0.248 e. The molecule has 1 amide bonds. The lowest BCUT2D eigenvalue weighted by atomic mass is 10.2. The zero-order valence-electron chi connectivity index (χ0n) is 12.6. The molecule has 0 atom stereocenters. The number of nitrogens with zero attached hydrogens (tertiary/aromatic N) is 2. The minimum Gasteiger partial charge on any atom is -0.437 e. The van der Waals surface area contributed by atoms with Crippen molar-refractivity contribution in [3.63, 3.8) is 0 Å². The maximum Gasteiger partial charge on any atom is 0.248 e. The van der Waals surface area contributed by atoms with Gasteiger partial charge in [-0.1, -0.05) is 18.2 Å². The minimum absolute atomic E-state index is 0.256. The summed E-state index contributed by atoms with van der Waals surface area (Å²) in [5.41, 5.74) is 3.00. The van der Waals surface area contributed by atoms with E-state index in [9.17, 15) is 4.79 Å². The quantitative estimate of drug-likeness (QED) is 0.580. The lowest BCUT2D eigenvalue weighted by Crippen LogP contribution is -2.08. The van der Waals surface area contributed by atoms with E-state index in [1.807, 2.05) is 54.6 Å². The van der Waals surface area contributed by atoms with Gasteiger partial charge in [0, 0.05) is 23.7 Å². The van der Waals surface area contributed by atoms with Gasteiger partial charge in [-0.15, -0.1) is 0 Å². The Kier molecular flexibility index (Phi) is 3.51. The van der Waals surface area contributed by atoms with Gasteiger partial charge >= 0.3 is 0 Å². The van der Waals surface area contributed by atoms with Crippen molar-refractivity contribution in [1.29, 1.82) is 0 Å². The zero-order valence-corrected chi connectivity index (χ0v) is 12.6. The molecule has 0 fully saturated rings. The highest BCUT2D eigenvalue weighted by Crippen LogP contribution is 2.21. The second-order valence-electron chi connectivity index (χ2n) is 5.22. The number of amides is 1. The molecule has 5 nitrogen and oxygen atoms in total. The topological polar surface area (TPSA) is 68.0 Å². The molecule has 2 aromatic carbocycles. The standard InChI is InChI=1S/C19H13N3O2/c23-18(10-11-19-22-16-6-1-2-9-17(16)24-19)21-15-8-3-7-14-13(15)5-4-12-20-14/h1-12H,(H,21,23). The number of para-hydroxylation sites is 2. The van der Waals surface area contributed by atoms with Gasteiger partial charge in [-0.25, -0.2) is 4.98 Å². The van der Waals surface area contributed by atoms with Gasteiger partial charge < -0.3 is 9.73 Å². The molecule has 0 unspecified atom stereocenters. The third kappa shape index (κ3) is 2.75. The molecular formula is C19H13N3O2. The lowest BCUT2D eigenvalue weighted by molar-refractivity contribution is -0.111. The minimum atomic E-state index is -0.256. The molecule has 0 aliphatic rings. The van der Waals surface area contributed by atoms with E-state index in [-0.39, 0.29) is 5.91 Å². The van der Waals surface area contributed by atoms with Crippen LogP contribution in [0, 0.1) is 0 Å².